The Hall–Kier alpha value is -2.36. The molecule has 0 fully saturated rings. The summed E-state index contributed by atoms with van der Waals surface area (Å²) in [5.41, 5.74) is 1.00. The van der Waals surface area contributed by atoms with Crippen molar-refractivity contribution in [2.45, 2.75) is 10.9 Å². The first kappa shape index (κ1) is 17.1. The Bertz CT molecular complexity index is 935. The third-order valence-corrected chi connectivity index (χ3v) is 6.19. The summed E-state index contributed by atoms with van der Waals surface area (Å²) in [6.07, 6.45) is 3.50. The normalized spacial score (nSPS) is 14.9. The third-order valence-electron chi connectivity index (χ3n) is 4.06. The molecule has 1 atom stereocenters. The van der Waals surface area contributed by atoms with Crippen molar-refractivity contribution in [1.29, 1.82) is 0 Å². The Morgan fingerprint density at radius 3 is 2.81 bits per heavy atom. The predicted molar refractivity (Wildman–Crippen MR) is 97.3 cm³/mol. The van der Waals surface area contributed by atoms with E-state index in [9.17, 15) is 8.42 Å². The Labute approximate surface area is 155 Å². The van der Waals surface area contributed by atoms with Gasteiger partial charge in [0.05, 0.1) is 10.9 Å². The highest BCUT2D eigenvalue weighted by Crippen LogP contribution is 2.32. The van der Waals surface area contributed by atoms with Crippen molar-refractivity contribution in [3.8, 4) is 11.5 Å². The van der Waals surface area contributed by atoms with Crippen LogP contribution in [0.3, 0.4) is 0 Å². The number of hydrogen-bond donors (Lipinski definition) is 1. The van der Waals surface area contributed by atoms with Gasteiger partial charge in [-0.25, -0.2) is 13.1 Å². The van der Waals surface area contributed by atoms with Gasteiger partial charge in [0.1, 0.15) is 13.2 Å². The van der Waals surface area contributed by atoms with Gasteiger partial charge in [0.25, 0.3) is 0 Å². The highest BCUT2D eigenvalue weighted by atomic mass is 32.2. The molecule has 26 heavy (non-hydrogen) atoms. The van der Waals surface area contributed by atoms with Crippen LogP contribution in [0.5, 0.6) is 11.5 Å². The van der Waals surface area contributed by atoms with E-state index in [0.717, 1.165) is 5.56 Å². The average Bonchev–Trinajstić information content (AvgIpc) is 3.36. The molecule has 7 nitrogen and oxygen atoms in total. The Morgan fingerprint density at radius 2 is 2.08 bits per heavy atom. The molecule has 0 bridgehead atoms. The Kier molecular flexibility index (Phi) is 4.66. The average molecular weight is 391 g/mol. The van der Waals surface area contributed by atoms with Gasteiger partial charge in [-0.15, -0.1) is 0 Å². The minimum atomic E-state index is -3.69. The molecule has 1 N–H and O–H groups in total. The van der Waals surface area contributed by atoms with Crippen LogP contribution in [0.25, 0.3) is 0 Å². The van der Waals surface area contributed by atoms with Crippen LogP contribution in [0.2, 0.25) is 0 Å². The second-order valence-electron chi connectivity index (χ2n) is 5.72. The van der Waals surface area contributed by atoms with Crippen LogP contribution >= 0.6 is 11.3 Å². The maximum atomic E-state index is 12.7. The quantitative estimate of drug-likeness (QED) is 0.697. The number of sulfonamides is 1. The molecule has 1 aliphatic heterocycles. The van der Waals surface area contributed by atoms with E-state index in [4.69, 9.17) is 9.47 Å². The Morgan fingerprint density at radius 1 is 1.23 bits per heavy atom. The lowest BCUT2D eigenvalue weighted by atomic mass is 10.1. The number of nitrogens with one attached hydrogen (secondary N) is 1. The molecule has 136 valence electrons. The molecule has 4 rings (SSSR count). The zero-order valence-electron chi connectivity index (χ0n) is 13.7. The number of benzene rings is 1. The second-order valence-corrected chi connectivity index (χ2v) is 8.26. The van der Waals surface area contributed by atoms with Crippen LogP contribution in [0, 0.1) is 0 Å². The van der Waals surface area contributed by atoms with Gasteiger partial charge in [-0.1, -0.05) is 0 Å². The van der Waals surface area contributed by atoms with Crippen LogP contribution in [0.15, 0.2) is 58.4 Å². The highest BCUT2D eigenvalue weighted by molar-refractivity contribution is 7.89. The lowest BCUT2D eigenvalue weighted by Gasteiger charge is -2.20. The lowest BCUT2D eigenvalue weighted by Crippen LogP contribution is -2.31. The van der Waals surface area contributed by atoms with E-state index in [1.807, 2.05) is 29.1 Å². The topological polar surface area (TPSA) is 82.5 Å². The van der Waals surface area contributed by atoms with Gasteiger partial charge < -0.3 is 9.47 Å². The first-order valence-electron chi connectivity index (χ1n) is 8.04. The fourth-order valence-corrected chi connectivity index (χ4v) is 4.52. The highest BCUT2D eigenvalue weighted by Gasteiger charge is 2.22. The fourth-order valence-electron chi connectivity index (χ4n) is 2.76. The molecule has 0 unspecified atom stereocenters. The smallest absolute Gasteiger partial charge is 0.240 e. The fraction of sp³-hybridized carbons (Fsp3) is 0.235. The first-order chi connectivity index (χ1) is 12.6. The molecule has 3 aromatic rings. The van der Waals surface area contributed by atoms with E-state index in [-0.39, 0.29) is 17.5 Å². The van der Waals surface area contributed by atoms with Gasteiger partial charge in [0.2, 0.25) is 10.0 Å². The van der Waals surface area contributed by atoms with Crippen LogP contribution < -0.4 is 14.2 Å². The monoisotopic (exact) mass is 391 g/mol. The maximum absolute atomic E-state index is 12.7. The number of thiophene rings is 1. The second kappa shape index (κ2) is 7.10. The summed E-state index contributed by atoms with van der Waals surface area (Å²) >= 11 is 1.56. The zero-order chi connectivity index (χ0) is 18.0. The minimum Gasteiger partial charge on any atom is -0.486 e. The minimum absolute atomic E-state index is 0.145. The summed E-state index contributed by atoms with van der Waals surface area (Å²) in [6, 6.07) is 8.19. The lowest BCUT2D eigenvalue weighted by molar-refractivity contribution is 0.171. The predicted octanol–water partition coefficient (Wildman–Crippen LogP) is 2.28. The Balaban J connectivity index is 1.55. The van der Waals surface area contributed by atoms with E-state index in [1.165, 1.54) is 12.1 Å². The van der Waals surface area contributed by atoms with Crippen molar-refractivity contribution >= 4 is 21.4 Å². The maximum Gasteiger partial charge on any atom is 0.240 e. The number of aromatic nitrogens is 2. The van der Waals surface area contributed by atoms with Crippen LogP contribution in [-0.4, -0.2) is 38.0 Å². The van der Waals surface area contributed by atoms with Gasteiger partial charge in [-0.3, -0.25) is 4.68 Å². The zero-order valence-corrected chi connectivity index (χ0v) is 15.4. The van der Waals surface area contributed by atoms with E-state index in [2.05, 4.69) is 9.82 Å². The number of fused-ring (bicyclic) bond motifs is 1. The third kappa shape index (κ3) is 3.46. The van der Waals surface area contributed by atoms with E-state index in [1.54, 1.807) is 28.3 Å². The first-order valence-corrected chi connectivity index (χ1v) is 10.5. The number of nitrogens with zero attached hydrogens (tertiary/aromatic N) is 2. The molecule has 0 radical (unpaired) electrons. The van der Waals surface area contributed by atoms with Crippen molar-refractivity contribution in [3.05, 3.63) is 59.0 Å². The standard InChI is InChI=1S/C17H17N3O4S2/c21-26(22,14-2-3-16-17(10-14)24-8-7-23-16)19-11-15(13-4-9-25-12-13)20-6-1-5-18-20/h1-6,9-10,12,15,19H,7-8,11H2/t15-/m1/s1. The molecule has 0 amide bonds. The summed E-state index contributed by atoms with van der Waals surface area (Å²) < 4.78 is 40.8. The van der Waals surface area contributed by atoms with Crippen LogP contribution in [0.1, 0.15) is 11.6 Å². The van der Waals surface area contributed by atoms with Crippen molar-refractivity contribution < 1.29 is 17.9 Å². The summed E-state index contributed by atoms with van der Waals surface area (Å²) in [7, 11) is -3.69. The van der Waals surface area contributed by atoms with Gasteiger partial charge in [0, 0.05) is 25.0 Å². The molecule has 0 spiro atoms. The van der Waals surface area contributed by atoms with E-state index >= 15 is 0 Å². The van der Waals surface area contributed by atoms with E-state index < -0.39 is 10.0 Å². The molecular formula is C17H17N3O4S2. The summed E-state index contributed by atoms with van der Waals surface area (Å²) in [6.45, 7) is 1.06. The van der Waals surface area contributed by atoms with Crippen molar-refractivity contribution in [3.63, 3.8) is 0 Å². The van der Waals surface area contributed by atoms with Crippen molar-refractivity contribution in [2.75, 3.05) is 19.8 Å². The van der Waals surface area contributed by atoms with E-state index in [0.29, 0.717) is 24.7 Å². The molecular weight excluding hydrogens is 374 g/mol. The number of rotatable bonds is 6. The van der Waals surface area contributed by atoms with Crippen molar-refractivity contribution in [2.24, 2.45) is 0 Å². The van der Waals surface area contributed by atoms with Gasteiger partial charge in [0.15, 0.2) is 11.5 Å². The van der Waals surface area contributed by atoms with Crippen LogP contribution in [0.4, 0.5) is 0 Å². The molecule has 1 aliphatic rings. The van der Waals surface area contributed by atoms with Gasteiger partial charge >= 0.3 is 0 Å². The molecule has 1 aromatic carbocycles. The molecule has 0 aliphatic carbocycles. The largest absolute Gasteiger partial charge is 0.486 e. The molecule has 3 heterocycles. The van der Waals surface area contributed by atoms with Gasteiger partial charge in [-0.2, -0.15) is 16.4 Å². The van der Waals surface area contributed by atoms with Crippen molar-refractivity contribution in [1.82, 2.24) is 14.5 Å². The molecule has 2 aromatic heterocycles. The number of hydrogen-bond acceptors (Lipinski definition) is 6. The summed E-state index contributed by atoms with van der Waals surface area (Å²) in [4.78, 5) is 0.145. The summed E-state index contributed by atoms with van der Waals surface area (Å²) in [5.74, 6) is 1.00. The molecule has 0 saturated heterocycles. The SMILES string of the molecule is O=S(=O)(NC[C@H](c1ccsc1)n1cccn1)c1ccc2c(c1)OCCO2. The van der Waals surface area contributed by atoms with Crippen LogP contribution in [-0.2, 0) is 10.0 Å². The molecule has 9 heteroatoms. The number of ether oxygens (including phenoxy) is 2. The summed E-state index contributed by atoms with van der Waals surface area (Å²) in [5, 5.41) is 8.20. The van der Waals surface area contributed by atoms with Gasteiger partial charge in [-0.05, 0) is 40.6 Å². The molecule has 0 saturated carbocycles.